The van der Waals surface area contributed by atoms with Crippen LogP contribution in [0.15, 0.2) is 4.52 Å². The van der Waals surface area contributed by atoms with Crippen molar-refractivity contribution in [3.63, 3.8) is 0 Å². The highest BCUT2D eigenvalue weighted by Crippen LogP contribution is 2.36. The molecular weight excluding hydrogens is 240 g/mol. The molecule has 3 heterocycles. The predicted molar refractivity (Wildman–Crippen MR) is 72.8 cm³/mol. The van der Waals surface area contributed by atoms with Crippen molar-refractivity contribution in [2.45, 2.75) is 45.6 Å². The van der Waals surface area contributed by atoms with E-state index < -0.39 is 0 Å². The smallest absolute Gasteiger partial charge is 0.240 e. The fourth-order valence-electron chi connectivity index (χ4n) is 3.12. The summed E-state index contributed by atoms with van der Waals surface area (Å²) in [7, 11) is 0. The van der Waals surface area contributed by atoms with Gasteiger partial charge in [0.25, 0.3) is 0 Å². The lowest BCUT2D eigenvalue weighted by Crippen LogP contribution is -2.29. The quantitative estimate of drug-likeness (QED) is 0.878. The molecule has 19 heavy (non-hydrogen) atoms. The number of hydrogen-bond acceptors (Lipinski definition) is 5. The molecule has 1 aromatic heterocycles. The molecule has 5 heteroatoms. The Balaban J connectivity index is 1.62. The summed E-state index contributed by atoms with van der Waals surface area (Å²) in [5, 5.41) is 7.58. The lowest BCUT2D eigenvalue weighted by molar-refractivity contribution is 0.235. The van der Waals surface area contributed by atoms with Gasteiger partial charge in [-0.1, -0.05) is 25.9 Å². The number of aromatic nitrogens is 2. The van der Waals surface area contributed by atoms with Gasteiger partial charge in [-0.05, 0) is 31.3 Å². The van der Waals surface area contributed by atoms with Crippen molar-refractivity contribution >= 4 is 0 Å². The third-order valence-electron chi connectivity index (χ3n) is 4.35. The fourth-order valence-corrected chi connectivity index (χ4v) is 3.12. The molecule has 2 aliphatic rings. The summed E-state index contributed by atoms with van der Waals surface area (Å²) in [4.78, 5) is 6.98. The number of likely N-dealkylation sites (tertiary alicyclic amines) is 1. The topological polar surface area (TPSA) is 54.2 Å². The van der Waals surface area contributed by atoms with Crippen molar-refractivity contribution in [1.29, 1.82) is 0 Å². The third-order valence-corrected chi connectivity index (χ3v) is 4.35. The Morgan fingerprint density at radius 2 is 2.21 bits per heavy atom. The van der Waals surface area contributed by atoms with Gasteiger partial charge in [-0.3, -0.25) is 4.90 Å². The van der Waals surface area contributed by atoms with E-state index in [0.29, 0.717) is 5.41 Å². The lowest BCUT2D eigenvalue weighted by atomic mass is 9.87. The SMILES string of the molecule is CC(C)(C)c1noc(CN2CCC3(CCNC3)C2)n1. The minimum absolute atomic E-state index is 0.0383. The molecule has 2 saturated heterocycles. The van der Waals surface area contributed by atoms with Gasteiger partial charge >= 0.3 is 0 Å². The van der Waals surface area contributed by atoms with Crippen LogP contribution in [0.2, 0.25) is 0 Å². The molecule has 106 valence electrons. The van der Waals surface area contributed by atoms with Crippen molar-refractivity contribution in [2.24, 2.45) is 5.41 Å². The summed E-state index contributed by atoms with van der Waals surface area (Å²) < 4.78 is 5.39. The van der Waals surface area contributed by atoms with Gasteiger partial charge < -0.3 is 9.84 Å². The monoisotopic (exact) mass is 264 g/mol. The van der Waals surface area contributed by atoms with Gasteiger partial charge in [0, 0.05) is 18.5 Å². The molecule has 1 spiro atoms. The predicted octanol–water partition coefficient (Wildman–Crippen LogP) is 1.55. The zero-order chi connectivity index (χ0) is 13.5. The Hall–Kier alpha value is -0.940. The molecule has 1 unspecified atom stereocenters. The van der Waals surface area contributed by atoms with E-state index in [9.17, 15) is 0 Å². The average molecular weight is 264 g/mol. The molecule has 2 aliphatic heterocycles. The normalized spacial score (nSPS) is 28.6. The molecule has 2 fully saturated rings. The molecule has 1 atom stereocenters. The zero-order valence-corrected chi connectivity index (χ0v) is 12.2. The van der Waals surface area contributed by atoms with Gasteiger partial charge in [-0.15, -0.1) is 0 Å². The maximum Gasteiger partial charge on any atom is 0.240 e. The van der Waals surface area contributed by atoms with Crippen LogP contribution in [0.3, 0.4) is 0 Å². The van der Waals surface area contributed by atoms with Crippen LogP contribution < -0.4 is 5.32 Å². The first-order chi connectivity index (χ1) is 8.97. The van der Waals surface area contributed by atoms with Crippen LogP contribution in [0.25, 0.3) is 0 Å². The molecule has 0 aromatic carbocycles. The summed E-state index contributed by atoms with van der Waals surface area (Å²) in [5.41, 5.74) is 0.468. The van der Waals surface area contributed by atoms with Crippen LogP contribution in [0.1, 0.15) is 45.3 Å². The molecule has 0 aliphatic carbocycles. The van der Waals surface area contributed by atoms with Gasteiger partial charge in [0.05, 0.1) is 6.54 Å². The van der Waals surface area contributed by atoms with Gasteiger partial charge in [0.2, 0.25) is 5.89 Å². The molecule has 5 nitrogen and oxygen atoms in total. The van der Waals surface area contributed by atoms with Crippen LogP contribution in [-0.4, -0.2) is 41.2 Å². The van der Waals surface area contributed by atoms with Crippen molar-refractivity contribution in [3.8, 4) is 0 Å². The molecule has 0 radical (unpaired) electrons. The van der Waals surface area contributed by atoms with Crippen molar-refractivity contribution in [1.82, 2.24) is 20.4 Å². The van der Waals surface area contributed by atoms with E-state index in [1.54, 1.807) is 0 Å². The van der Waals surface area contributed by atoms with Gasteiger partial charge in [-0.25, -0.2) is 0 Å². The van der Waals surface area contributed by atoms with E-state index in [-0.39, 0.29) is 5.41 Å². The zero-order valence-electron chi connectivity index (χ0n) is 12.2. The van der Waals surface area contributed by atoms with E-state index >= 15 is 0 Å². The van der Waals surface area contributed by atoms with Crippen LogP contribution in [0.5, 0.6) is 0 Å². The summed E-state index contributed by atoms with van der Waals surface area (Å²) >= 11 is 0. The maximum atomic E-state index is 5.39. The van der Waals surface area contributed by atoms with E-state index in [0.717, 1.165) is 31.3 Å². The van der Waals surface area contributed by atoms with Crippen LogP contribution in [-0.2, 0) is 12.0 Å². The van der Waals surface area contributed by atoms with E-state index in [1.165, 1.54) is 25.9 Å². The van der Waals surface area contributed by atoms with E-state index in [1.807, 2.05) is 0 Å². The first kappa shape index (κ1) is 13.1. The van der Waals surface area contributed by atoms with Gasteiger partial charge in [0.15, 0.2) is 5.82 Å². The minimum atomic E-state index is -0.0383. The highest BCUT2D eigenvalue weighted by atomic mass is 16.5. The third kappa shape index (κ3) is 2.67. The van der Waals surface area contributed by atoms with Crippen LogP contribution >= 0.6 is 0 Å². The maximum absolute atomic E-state index is 5.39. The Kier molecular flexibility index (Phi) is 3.14. The molecule has 1 N–H and O–H groups in total. The number of hydrogen-bond donors (Lipinski definition) is 1. The average Bonchev–Trinajstić information content (AvgIpc) is 3.01. The molecule has 1 aromatic rings. The highest BCUT2D eigenvalue weighted by molar-refractivity contribution is 5.01. The standard InChI is InChI=1S/C14H24N4O/c1-13(2,3)12-16-11(19-17-12)8-18-7-5-14(10-18)4-6-15-9-14/h15H,4-10H2,1-3H3. The van der Waals surface area contributed by atoms with Crippen molar-refractivity contribution in [3.05, 3.63) is 11.7 Å². The number of rotatable bonds is 2. The molecular formula is C14H24N4O. The Morgan fingerprint density at radius 3 is 2.84 bits per heavy atom. The molecule has 0 amide bonds. The molecule has 0 saturated carbocycles. The Bertz CT molecular complexity index is 443. The highest BCUT2D eigenvalue weighted by Gasteiger charge is 2.40. The van der Waals surface area contributed by atoms with E-state index in [4.69, 9.17) is 4.52 Å². The van der Waals surface area contributed by atoms with E-state index in [2.05, 4.69) is 41.1 Å². The molecule has 3 rings (SSSR count). The molecule has 0 bridgehead atoms. The van der Waals surface area contributed by atoms with Crippen LogP contribution in [0.4, 0.5) is 0 Å². The first-order valence-electron chi connectivity index (χ1n) is 7.23. The van der Waals surface area contributed by atoms with Crippen LogP contribution in [0, 0.1) is 5.41 Å². The summed E-state index contributed by atoms with van der Waals surface area (Å²) in [6.07, 6.45) is 2.60. The second-order valence-electron chi connectivity index (χ2n) is 7.15. The summed E-state index contributed by atoms with van der Waals surface area (Å²) in [6.45, 7) is 11.8. The second-order valence-corrected chi connectivity index (χ2v) is 7.15. The second kappa shape index (κ2) is 4.56. The first-order valence-corrected chi connectivity index (χ1v) is 7.23. The largest absolute Gasteiger partial charge is 0.338 e. The minimum Gasteiger partial charge on any atom is -0.338 e. The number of nitrogens with one attached hydrogen (secondary N) is 1. The number of nitrogens with zero attached hydrogens (tertiary/aromatic N) is 3. The summed E-state index contributed by atoms with van der Waals surface area (Å²) in [6, 6.07) is 0. The lowest BCUT2D eigenvalue weighted by Gasteiger charge is -2.21. The fraction of sp³-hybridized carbons (Fsp3) is 0.857. The van der Waals surface area contributed by atoms with Crippen molar-refractivity contribution in [2.75, 3.05) is 26.2 Å². The summed E-state index contributed by atoms with van der Waals surface area (Å²) in [5.74, 6) is 1.56. The van der Waals surface area contributed by atoms with Gasteiger partial charge in [0.1, 0.15) is 0 Å². The van der Waals surface area contributed by atoms with Gasteiger partial charge in [-0.2, -0.15) is 4.98 Å². The Labute approximate surface area is 114 Å². The Morgan fingerprint density at radius 1 is 1.37 bits per heavy atom. The van der Waals surface area contributed by atoms with Crippen molar-refractivity contribution < 1.29 is 4.52 Å².